The maximum Gasteiger partial charge on any atom is 0.303 e. The zero-order valence-corrected chi connectivity index (χ0v) is 20.6. The van der Waals surface area contributed by atoms with Crippen LogP contribution in [0, 0.1) is 22.7 Å². The van der Waals surface area contributed by atoms with Crippen LogP contribution in [-0.2, 0) is 28.6 Å². The van der Waals surface area contributed by atoms with E-state index in [0.29, 0.717) is 19.3 Å². The van der Waals surface area contributed by atoms with E-state index < -0.39 is 0 Å². The largest absolute Gasteiger partial charge is 0.462 e. The zero-order valence-electron chi connectivity index (χ0n) is 20.6. The van der Waals surface area contributed by atoms with E-state index in [4.69, 9.17) is 14.2 Å². The summed E-state index contributed by atoms with van der Waals surface area (Å²) in [5, 5.41) is 0. The van der Waals surface area contributed by atoms with Crippen LogP contribution < -0.4 is 0 Å². The van der Waals surface area contributed by atoms with Gasteiger partial charge in [0.05, 0.1) is 0 Å². The monoisotopic (exact) mass is 446 g/mol. The number of fused-ring (bicyclic) bond motifs is 3. The van der Waals surface area contributed by atoms with E-state index in [2.05, 4.69) is 34.3 Å². The number of carbonyl (C=O) groups excluding carboxylic acids is 3. The van der Waals surface area contributed by atoms with Crippen LogP contribution >= 0.6 is 0 Å². The molecule has 2 saturated carbocycles. The average molecular weight is 447 g/mol. The van der Waals surface area contributed by atoms with E-state index >= 15 is 0 Å². The SMILES string of the molecule is C=C1[C@@H](OC(C)=O)CC[C@@]2(C)C[C@H](OC(C)=O)C3=C(C)C[C@H](OC(C)=O)[C@@H](C[C@H]12)C3(C)C. The highest BCUT2D eigenvalue weighted by molar-refractivity contribution is 5.67. The maximum atomic E-state index is 12.1. The second-order valence-corrected chi connectivity index (χ2v) is 10.8. The maximum absolute atomic E-state index is 12.1. The Morgan fingerprint density at radius 2 is 1.50 bits per heavy atom. The lowest BCUT2D eigenvalue weighted by Gasteiger charge is -2.56. The van der Waals surface area contributed by atoms with Crippen LogP contribution in [0.15, 0.2) is 23.3 Å². The molecule has 2 bridgehead atoms. The van der Waals surface area contributed by atoms with Crippen molar-refractivity contribution >= 4 is 17.9 Å². The molecule has 0 aromatic carbocycles. The lowest BCUT2D eigenvalue weighted by atomic mass is 9.51. The highest BCUT2D eigenvalue weighted by Crippen LogP contribution is 2.59. The van der Waals surface area contributed by atoms with Crippen LogP contribution in [0.1, 0.15) is 80.6 Å². The van der Waals surface area contributed by atoms with E-state index in [0.717, 1.165) is 29.6 Å². The van der Waals surface area contributed by atoms with Gasteiger partial charge in [0.2, 0.25) is 0 Å². The molecule has 0 spiro atoms. The molecule has 3 aliphatic carbocycles. The summed E-state index contributed by atoms with van der Waals surface area (Å²) in [4.78, 5) is 35.8. The normalized spacial score (nSPS) is 36.3. The van der Waals surface area contributed by atoms with Crippen LogP contribution in [0.4, 0.5) is 0 Å². The van der Waals surface area contributed by atoms with Gasteiger partial charge in [0.15, 0.2) is 0 Å². The second kappa shape index (κ2) is 8.68. The van der Waals surface area contributed by atoms with Crippen LogP contribution in [0.3, 0.4) is 0 Å². The number of rotatable bonds is 3. The Hall–Kier alpha value is -2.11. The van der Waals surface area contributed by atoms with Crippen LogP contribution in [0.5, 0.6) is 0 Å². The minimum atomic E-state index is -0.339. The van der Waals surface area contributed by atoms with Gasteiger partial charge in [-0.25, -0.2) is 0 Å². The molecule has 0 radical (unpaired) electrons. The molecule has 0 aromatic heterocycles. The summed E-state index contributed by atoms with van der Waals surface area (Å²) >= 11 is 0. The van der Waals surface area contributed by atoms with Crippen molar-refractivity contribution in [3.8, 4) is 0 Å². The highest BCUT2D eigenvalue weighted by Gasteiger charge is 2.55. The van der Waals surface area contributed by atoms with Gasteiger partial charge in [-0.15, -0.1) is 0 Å². The number of carbonyl (C=O) groups is 3. The Morgan fingerprint density at radius 1 is 0.938 bits per heavy atom. The van der Waals surface area contributed by atoms with Gasteiger partial charge < -0.3 is 14.2 Å². The fourth-order valence-corrected chi connectivity index (χ4v) is 6.83. The van der Waals surface area contributed by atoms with Crippen molar-refractivity contribution in [1.29, 1.82) is 0 Å². The molecule has 0 aromatic rings. The average Bonchev–Trinajstić information content (AvgIpc) is 2.60. The Bertz CT molecular complexity index is 852. The van der Waals surface area contributed by atoms with E-state index in [9.17, 15) is 14.4 Å². The third-order valence-electron chi connectivity index (χ3n) is 8.11. The summed E-state index contributed by atoms with van der Waals surface area (Å²) in [6, 6.07) is 0. The number of esters is 3. The van der Waals surface area contributed by atoms with Crippen molar-refractivity contribution in [1.82, 2.24) is 0 Å². The molecular formula is C26H38O6. The third-order valence-corrected chi connectivity index (χ3v) is 8.11. The predicted molar refractivity (Wildman–Crippen MR) is 120 cm³/mol. The van der Waals surface area contributed by atoms with Gasteiger partial charge in [-0.2, -0.15) is 0 Å². The van der Waals surface area contributed by atoms with Crippen LogP contribution in [-0.4, -0.2) is 36.2 Å². The summed E-state index contributed by atoms with van der Waals surface area (Å²) in [5.41, 5.74) is 2.71. The van der Waals surface area contributed by atoms with E-state index in [1.54, 1.807) is 0 Å². The fourth-order valence-electron chi connectivity index (χ4n) is 6.83. The molecule has 0 unspecified atom stereocenters. The molecule has 2 fully saturated rings. The van der Waals surface area contributed by atoms with Gasteiger partial charge in [0.1, 0.15) is 18.3 Å². The number of ether oxygens (including phenoxy) is 3. The Labute approximate surface area is 191 Å². The first-order valence-electron chi connectivity index (χ1n) is 11.7. The molecule has 0 N–H and O–H groups in total. The minimum Gasteiger partial charge on any atom is -0.462 e. The summed E-state index contributed by atoms with van der Waals surface area (Å²) in [5.74, 6) is -0.803. The second-order valence-electron chi connectivity index (χ2n) is 10.8. The van der Waals surface area contributed by atoms with E-state index in [1.807, 2.05) is 0 Å². The number of hydrogen-bond donors (Lipinski definition) is 0. The smallest absolute Gasteiger partial charge is 0.303 e. The molecule has 178 valence electrons. The molecule has 32 heavy (non-hydrogen) atoms. The van der Waals surface area contributed by atoms with Gasteiger partial charge in [0.25, 0.3) is 0 Å². The Morgan fingerprint density at radius 3 is 2.06 bits per heavy atom. The molecule has 3 aliphatic rings. The fraction of sp³-hybridized carbons (Fsp3) is 0.731. The first-order chi connectivity index (χ1) is 14.8. The van der Waals surface area contributed by atoms with Gasteiger partial charge >= 0.3 is 17.9 Å². The molecule has 0 saturated heterocycles. The van der Waals surface area contributed by atoms with Gasteiger partial charge in [0, 0.05) is 33.1 Å². The Balaban J connectivity index is 2.12. The topological polar surface area (TPSA) is 78.9 Å². The van der Waals surface area contributed by atoms with Crippen molar-refractivity contribution in [3.63, 3.8) is 0 Å². The molecular weight excluding hydrogens is 408 g/mol. The summed E-state index contributed by atoms with van der Waals surface area (Å²) in [6.45, 7) is 17.4. The van der Waals surface area contributed by atoms with Crippen molar-refractivity contribution in [2.75, 3.05) is 0 Å². The van der Waals surface area contributed by atoms with E-state index in [-0.39, 0.29) is 58.9 Å². The lowest BCUT2D eigenvalue weighted by Crippen LogP contribution is -2.53. The quantitative estimate of drug-likeness (QED) is 0.348. The van der Waals surface area contributed by atoms with Gasteiger partial charge in [-0.05, 0) is 60.5 Å². The predicted octanol–water partition coefficient (Wildman–Crippen LogP) is 4.91. The number of hydrogen-bond acceptors (Lipinski definition) is 6. The molecule has 6 nitrogen and oxygen atoms in total. The van der Waals surface area contributed by atoms with Crippen LogP contribution in [0.25, 0.3) is 0 Å². The molecule has 6 atom stereocenters. The first kappa shape index (κ1) is 24.5. The summed E-state index contributed by atoms with van der Waals surface area (Å²) in [7, 11) is 0. The standard InChI is InChI=1S/C26H38O6/c1-14-11-22(31-17(4)28)20-12-19-15(2)21(30-16(3)27)9-10-26(19,8)13-23(32-18(5)29)24(14)25(20,6)7/h19-23H,2,9-13H2,1,3-8H3/t19-,20-,21+,22+,23+,26+/m1/s1. The van der Waals surface area contributed by atoms with Crippen molar-refractivity contribution < 1.29 is 28.6 Å². The van der Waals surface area contributed by atoms with Crippen molar-refractivity contribution in [2.45, 2.75) is 98.9 Å². The minimum absolute atomic E-state index is 0.0283. The summed E-state index contributed by atoms with van der Waals surface area (Å²) < 4.78 is 17.4. The van der Waals surface area contributed by atoms with Gasteiger partial charge in [-0.3, -0.25) is 14.4 Å². The van der Waals surface area contributed by atoms with Crippen LogP contribution in [0.2, 0.25) is 0 Å². The van der Waals surface area contributed by atoms with Gasteiger partial charge in [-0.1, -0.05) is 32.9 Å². The van der Waals surface area contributed by atoms with Crippen molar-refractivity contribution in [3.05, 3.63) is 23.3 Å². The molecule has 0 aliphatic heterocycles. The molecule has 0 amide bonds. The first-order valence-corrected chi connectivity index (χ1v) is 11.7. The molecule has 6 heteroatoms. The third kappa shape index (κ3) is 4.51. The summed E-state index contributed by atoms with van der Waals surface area (Å²) in [6.07, 6.45) is 2.74. The molecule has 0 heterocycles. The highest BCUT2D eigenvalue weighted by atomic mass is 16.6. The molecule has 3 rings (SSSR count). The van der Waals surface area contributed by atoms with E-state index in [1.165, 1.54) is 20.8 Å². The lowest BCUT2D eigenvalue weighted by molar-refractivity contribution is -0.158. The van der Waals surface area contributed by atoms with Crippen molar-refractivity contribution in [2.24, 2.45) is 22.7 Å². The zero-order chi connectivity index (χ0) is 24.0. The Kier molecular flexibility index (Phi) is 6.65.